The molecule has 0 radical (unpaired) electrons. The molecule has 4 heterocycles. The van der Waals surface area contributed by atoms with Crippen molar-refractivity contribution in [2.45, 2.75) is 49.7 Å². The number of aliphatic hydroxyl groups is 1. The Morgan fingerprint density at radius 2 is 1.83 bits per heavy atom. The molecular weight excluding hydrogens is 657 g/mol. The number of pyridine rings is 2. The van der Waals surface area contributed by atoms with Gasteiger partial charge in [-0.25, -0.2) is 14.4 Å². The first-order valence-corrected chi connectivity index (χ1v) is 15.2. The Balaban J connectivity index is 1.30. The number of rotatable bonds is 8. The number of primary amides is 1. The van der Waals surface area contributed by atoms with Gasteiger partial charge in [-0.15, -0.1) is 8.78 Å². The molecule has 2 aromatic heterocycles. The fraction of sp³-hybridized carbons (Fsp3) is 0.333. The van der Waals surface area contributed by atoms with E-state index >= 15 is 4.39 Å². The van der Waals surface area contributed by atoms with Gasteiger partial charge in [0.1, 0.15) is 40.4 Å². The Labute approximate surface area is 276 Å². The molecule has 4 N–H and O–H groups in total. The Morgan fingerprint density at radius 3 is 2.52 bits per heavy atom. The van der Waals surface area contributed by atoms with Gasteiger partial charge in [-0.1, -0.05) is 11.6 Å². The van der Waals surface area contributed by atoms with Gasteiger partial charge in [0.2, 0.25) is 5.91 Å². The predicted molar refractivity (Wildman–Crippen MR) is 165 cm³/mol. The van der Waals surface area contributed by atoms with Crippen LogP contribution < -0.4 is 30.0 Å². The molecule has 0 saturated heterocycles. The van der Waals surface area contributed by atoms with Crippen molar-refractivity contribution in [2.24, 2.45) is 5.73 Å². The summed E-state index contributed by atoms with van der Waals surface area (Å²) in [5.41, 5.74) is 1.04. The summed E-state index contributed by atoms with van der Waals surface area (Å²) in [5, 5.41) is 15.7. The first-order chi connectivity index (χ1) is 22.6. The van der Waals surface area contributed by atoms with Gasteiger partial charge in [0.05, 0.1) is 30.1 Å². The molecular formula is C33H28ClF3N4O7. The normalized spacial score (nSPS) is 20.8. The van der Waals surface area contributed by atoms with E-state index in [-0.39, 0.29) is 64.8 Å². The molecule has 11 nitrogen and oxygen atoms in total. The van der Waals surface area contributed by atoms with Gasteiger partial charge in [-0.2, -0.15) is 0 Å². The molecule has 2 atom stereocenters. The summed E-state index contributed by atoms with van der Waals surface area (Å²) < 4.78 is 64.3. The number of hydrogen-bond donors (Lipinski definition) is 3. The number of carbonyl (C=O) groups is 2. The van der Waals surface area contributed by atoms with Crippen LogP contribution in [0.1, 0.15) is 47.1 Å². The van der Waals surface area contributed by atoms with Gasteiger partial charge in [0.25, 0.3) is 5.91 Å². The topological polar surface area (TPSA) is 155 Å². The highest BCUT2D eigenvalue weighted by molar-refractivity contribution is 6.31. The quantitative estimate of drug-likeness (QED) is 0.236. The summed E-state index contributed by atoms with van der Waals surface area (Å²) in [5.74, 6) is -1.56. The van der Waals surface area contributed by atoms with E-state index in [1.54, 1.807) is 13.0 Å². The number of alkyl halides is 3. The minimum atomic E-state index is -3.89. The second-order valence-corrected chi connectivity index (χ2v) is 12.8. The van der Waals surface area contributed by atoms with Gasteiger partial charge in [0.15, 0.2) is 17.1 Å². The van der Waals surface area contributed by atoms with Crippen LogP contribution in [0.2, 0.25) is 5.02 Å². The highest BCUT2D eigenvalue weighted by Gasteiger charge is 2.62. The van der Waals surface area contributed by atoms with Gasteiger partial charge in [-0.3, -0.25) is 9.59 Å². The molecule has 7 rings (SSSR count). The lowest BCUT2D eigenvalue weighted by molar-refractivity contribution is -0.286. The average Bonchev–Trinajstić information content (AvgIpc) is 3.59. The van der Waals surface area contributed by atoms with Crippen LogP contribution >= 0.6 is 11.6 Å². The van der Waals surface area contributed by atoms with Crippen molar-refractivity contribution in [3.05, 3.63) is 70.0 Å². The van der Waals surface area contributed by atoms with Crippen molar-refractivity contribution >= 4 is 34.3 Å². The lowest BCUT2D eigenvalue weighted by Gasteiger charge is -2.33. The minimum Gasteiger partial charge on any atom is -0.494 e. The van der Waals surface area contributed by atoms with Crippen molar-refractivity contribution in [2.75, 3.05) is 20.3 Å². The van der Waals surface area contributed by atoms with Crippen LogP contribution in [0.25, 0.3) is 22.2 Å². The standard InChI is InChI=1S/C33H28ClF3N4O7/c1-15-20(34)9-17-8-18(11-23(45-3)25(17)40-15)28(42)39-13-32(44,31(35)6-7-31)24-12-19-27(46-14-30(19,2)29(38)43)26(41-24)16-4-5-21-22(10-16)48-33(36,37)47-21/h4-5,8-12,44H,6-7,13-14H2,1-3H3,(H2,38,43)(H,39,42)/t30-,32?/m0/s1. The van der Waals surface area contributed by atoms with Gasteiger partial charge < -0.3 is 35.1 Å². The van der Waals surface area contributed by atoms with Crippen molar-refractivity contribution < 1.29 is 46.8 Å². The number of nitrogens with one attached hydrogen (secondary N) is 1. The molecule has 3 aliphatic rings. The number of halogens is 4. The van der Waals surface area contributed by atoms with E-state index in [4.69, 9.17) is 26.8 Å². The maximum absolute atomic E-state index is 16.3. The predicted octanol–water partition coefficient (Wildman–Crippen LogP) is 4.84. The lowest BCUT2D eigenvalue weighted by Crippen LogP contribution is -2.49. The van der Waals surface area contributed by atoms with Crippen LogP contribution in [0.5, 0.6) is 23.0 Å². The zero-order valence-corrected chi connectivity index (χ0v) is 26.5. The van der Waals surface area contributed by atoms with Crippen LogP contribution in [-0.2, 0) is 15.8 Å². The smallest absolute Gasteiger partial charge is 0.494 e. The van der Waals surface area contributed by atoms with E-state index in [1.807, 2.05) is 0 Å². The first-order valence-electron chi connectivity index (χ1n) is 14.8. The van der Waals surface area contributed by atoms with E-state index in [1.165, 1.54) is 50.4 Å². The molecule has 4 aromatic rings. The highest BCUT2D eigenvalue weighted by Crippen LogP contribution is 2.55. The number of ether oxygens (including phenoxy) is 4. The zero-order valence-electron chi connectivity index (χ0n) is 25.8. The lowest BCUT2D eigenvalue weighted by atomic mass is 9.80. The maximum Gasteiger partial charge on any atom is 0.586 e. The molecule has 48 heavy (non-hydrogen) atoms. The fourth-order valence-electron chi connectivity index (χ4n) is 6.01. The maximum atomic E-state index is 16.3. The van der Waals surface area contributed by atoms with Crippen molar-refractivity contribution in [3.63, 3.8) is 0 Å². The van der Waals surface area contributed by atoms with E-state index < -0.39 is 41.3 Å². The van der Waals surface area contributed by atoms with Gasteiger partial charge in [-0.05, 0) is 69.2 Å². The largest absolute Gasteiger partial charge is 0.586 e. The number of aryl methyl sites for hydroxylation is 1. The minimum absolute atomic E-state index is 0.00188. The zero-order chi connectivity index (χ0) is 34.4. The Hall–Kier alpha value is -4.82. The number of nitrogens with zero attached hydrogens (tertiary/aromatic N) is 2. The van der Waals surface area contributed by atoms with Crippen LogP contribution in [-0.4, -0.2) is 59.1 Å². The number of amides is 2. The molecule has 1 saturated carbocycles. The molecule has 0 spiro atoms. The van der Waals surface area contributed by atoms with Gasteiger partial charge >= 0.3 is 6.29 Å². The molecule has 1 unspecified atom stereocenters. The van der Waals surface area contributed by atoms with E-state index in [0.29, 0.717) is 27.4 Å². The number of benzene rings is 2. The molecule has 1 aliphatic carbocycles. The number of nitrogens with two attached hydrogens (primary N) is 1. The summed E-state index contributed by atoms with van der Waals surface area (Å²) in [7, 11) is 1.42. The Kier molecular flexibility index (Phi) is 7.01. The summed E-state index contributed by atoms with van der Waals surface area (Å²) >= 11 is 6.27. The first kappa shape index (κ1) is 31.8. The Morgan fingerprint density at radius 1 is 1.10 bits per heavy atom. The third-order valence-electron chi connectivity index (χ3n) is 9.14. The van der Waals surface area contributed by atoms with Crippen molar-refractivity contribution in [3.8, 4) is 34.3 Å². The van der Waals surface area contributed by atoms with Crippen molar-refractivity contribution in [1.29, 1.82) is 0 Å². The summed E-state index contributed by atoms with van der Waals surface area (Å²) in [6.07, 6.45) is -3.99. The average molecular weight is 685 g/mol. The fourth-order valence-corrected chi connectivity index (χ4v) is 6.17. The summed E-state index contributed by atoms with van der Waals surface area (Å²) in [4.78, 5) is 35.2. The molecule has 15 heteroatoms. The molecule has 2 aliphatic heterocycles. The van der Waals surface area contributed by atoms with E-state index in [2.05, 4.69) is 24.8 Å². The van der Waals surface area contributed by atoms with E-state index in [9.17, 15) is 23.5 Å². The van der Waals surface area contributed by atoms with Crippen LogP contribution in [0.15, 0.2) is 42.5 Å². The molecule has 0 bridgehead atoms. The van der Waals surface area contributed by atoms with Crippen LogP contribution in [0.4, 0.5) is 13.2 Å². The summed E-state index contributed by atoms with van der Waals surface area (Å²) in [6.45, 7) is 2.42. The van der Waals surface area contributed by atoms with Crippen molar-refractivity contribution in [1.82, 2.24) is 15.3 Å². The third-order valence-corrected chi connectivity index (χ3v) is 9.53. The molecule has 2 aromatic carbocycles. The second kappa shape index (κ2) is 10.6. The number of carbonyl (C=O) groups excluding carboxylic acids is 2. The SMILES string of the molecule is COc1cc(C(=O)NCC(O)(c2cc3c(c(-c4ccc5c(c4)OC(F)(F)O5)n2)OC[C@]3(C)C(N)=O)C2(F)CC2)cc2cc(Cl)c(C)nc12. The van der Waals surface area contributed by atoms with Crippen LogP contribution in [0, 0.1) is 6.92 Å². The molecule has 2 amide bonds. The second-order valence-electron chi connectivity index (χ2n) is 12.4. The number of aromatic nitrogens is 2. The highest BCUT2D eigenvalue weighted by atomic mass is 35.5. The number of fused-ring (bicyclic) bond motifs is 3. The Bertz CT molecular complexity index is 2060. The number of methoxy groups -OCH3 is 1. The van der Waals surface area contributed by atoms with Gasteiger partial charge in [0, 0.05) is 22.1 Å². The number of hydrogen-bond acceptors (Lipinski definition) is 9. The monoisotopic (exact) mass is 684 g/mol. The summed E-state index contributed by atoms with van der Waals surface area (Å²) in [6, 6.07) is 9.84. The third kappa shape index (κ3) is 4.93. The van der Waals surface area contributed by atoms with Crippen LogP contribution in [0.3, 0.4) is 0 Å². The molecule has 1 fully saturated rings. The molecule has 250 valence electrons. The van der Waals surface area contributed by atoms with E-state index in [0.717, 1.165) is 0 Å².